The molecular weight excluding hydrogens is 358 g/mol. The normalized spacial score (nSPS) is 24.3. The highest BCUT2D eigenvalue weighted by molar-refractivity contribution is 7.99. The number of urea groups is 1. The molecule has 0 radical (unpaired) electrons. The van der Waals surface area contributed by atoms with Crippen LogP contribution in [0.3, 0.4) is 0 Å². The lowest BCUT2D eigenvalue weighted by atomic mass is 9.95. The topological polar surface area (TPSA) is 117 Å². The fourth-order valence-corrected chi connectivity index (χ4v) is 3.77. The van der Waals surface area contributed by atoms with Gasteiger partial charge in [-0.15, -0.1) is 10.2 Å². The first-order chi connectivity index (χ1) is 12.4. The summed E-state index contributed by atoms with van der Waals surface area (Å²) in [6.07, 6.45) is 2.32. The molecule has 0 bridgehead atoms. The molecule has 0 aromatic carbocycles. The van der Waals surface area contributed by atoms with Crippen molar-refractivity contribution in [1.82, 2.24) is 25.7 Å². The van der Waals surface area contributed by atoms with Gasteiger partial charge < -0.3 is 14.6 Å². The summed E-state index contributed by atoms with van der Waals surface area (Å²) in [4.78, 5) is 37.3. The number of nitrogens with zero attached hydrogens (tertiary/aromatic N) is 3. The van der Waals surface area contributed by atoms with E-state index in [1.54, 1.807) is 6.92 Å². The fourth-order valence-electron chi connectivity index (χ4n) is 3.08. The van der Waals surface area contributed by atoms with Gasteiger partial charge in [-0.2, -0.15) is 0 Å². The Morgan fingerprint density at radius 2 is 2.00 bits per heavy atom. The third-order valence-corrected chi connectivity index (χ3v) is 5.64. The first-order valence-electron chi connectivity index (χ1n) is 8.76. The van der Waals surface area contributed by atoms with Crippen LogP contribution in [0.5, 0.6) is 0 Å². The van der Waals surface area contributed by atoms with Crippen molar-refractivity contribution < 1.29 is 18.8 Å². The molecule has 0 aliphatic carbocycles. The highest BCUT2D eigenvalue weighted by Crippen LogP contribution is 2.22. The summed E-state index contributed by atoms with van der Waals surface area (Å²) in [5, 5.41) is 13.1. The first kappa shape index (κ1) is 18.7. The number of carbonyl (C=O) groups excluding carboxylic acids is 3. The van der Waals surface area contributed by atoms with E-state index in [0.29, 0.717) is 17.0 Å². The number of rotatable bonds is 5. The SMILES string of the molecule is CC1CCN(C(=O)CSc2nnc(CC3C(=O)NC(=O)NC3C)o2)CC1. The largest absolute Gasteiger partial charge is 0.416 e. The van der Waals surface area contributed by atoms with Crippen LogP contribution < -0.4 is 10.6 Å². The Morgan fingerprint density at radius 1 is 1.27 bits per heavy atom. The summed E-state index contributed by atoms with van der Waals surface area (Å²) in [7, 11) is 0. The Hall–Kier alpha value is -2.10. The number of nitrogens with one attached hydrogen (secondary N) is 2. The molecule has 3 heterocycles. The van der Waals surface area contributed by atoms with Crippen LogP contribution in [0.15, 0.2) is 9.64 Å². The minimum Gasteiger partial charge on any atom is -0.416 e. The Bertz CT molecular complexity index is 686. The number of carbonyl (C=O) groups is 3. The number of amides is 4. The second-order valence-electron chi connectivity index (χ2n) is 6.88. The molecule has 2 unspecified atom stereocenters. The third kappa shape index (κ3) is 4.54. The van der Waals surface area contributed by atoms with E-state index >= 15 is 0 Å². The van der Waals surface area contributed by atoms with Crippen molar-refractivity contribution in [1.29, 1.82) is 0 Å². The minimum absolute atomic E-state index is 0.0737. The van der Waals surface area contributed by atoms with Crippen molar-refractivity contribution in [2.24, 2.45) is 11.8 Å². The lowest BCUT2D eigenvalue weighted by Crippen LogP contribution is -2.57. The predicted molar refractivity (Wildman–Crippen MR) is 93.3 cm³/mol. The van der Waals surface area contributed by atoms with Crippen LogP contribution in [0.2, 0.25) is 0 Å². The number of likely N-dealkylation sites (tertiary alicyclic amines) is 1. The van der Waals surface area contributed by atoms with E-state index in [4.69, 9.17) is 4.42 Å². The predicted octanol–water partition coefficient (Wildman–Crippen LogP) is 0.807. The molecule has 1 aromatic heterocycles. The Kier molecular flexibility index (Phi) is 5.80. The minimum atomic E-state index is -0.494. The highest BCUT2D eigenvalue weighted by atomic mass is 32.2. The zero-order valence-electron chi connectivity index (χ0n) is 14.9. The van der Waals surface area contributed by atoms with E-state index in [1.165, 1.54) is 11.8 Å². The summed E-state index contributed by atoms with van der Waals surface area (Å²) in [5.41, 5.74) is 0. The van der Waals surface area contributed by atoms with Crippen molar-refractivity contribution in [3.8, 4) is 0 Å². The third-order valence-electron chi connectivity index (χ3n) is 4.83. The van der Waals surface area contributed by atoms with Gasteiger partial charge in [-0.05, 0) is 25.7 Å². The monoisotopic (exact) mass is 381 g/mol. The second-order valence-corrected chi connectivity index (χ2v) is 7.80. The van der Waals surface area contributed by atoms with Gasteiger partial charge >= 0.3 is 6.03 Å². The highest BCUT2D eigenvalue weighted by Gasteiger charge is 2.34. The standard InChI is InChI=1S/C16H23N5O4S/c1-9-3-5-21(6-4-9)13(22)8-26-16-20-19-12(25-16)7-11-10(2)17-15(24)18-14(11)23/h9-11H,3-8H2,1-2H3,(H2,17,18,23,24). The van der Waals surface area contributed by atoms with Crippen molar-refractivity contribution >= 4 is 29.6 Å². The molecule has 2 aliphatic rings. The van der Waals surface area contributed by atoms with Crippen LogP contribution in [0, 0.1) is 11.8 Å². The zero-order valence-corrected chi connectivity index (χ0v) is 15.7. The molecule has 4 amide bonds. The first-order valence-corrected chi connectivity index (χ1v) is 9.75. The number of hydrogen-bond acceptors (Lipinski definition) is 7. The zero-order chi connectivity index (χ0) is 18.7. The van der Waals surface area contributed by atoms with Gasteiger partial charge in [0.05, 0.1) is 11.7 Å². The smallest absolute Gasteiger partial charge is 0.321 e. The van der Waals surface area contributed by atoms with Gasteiger partial charge in [0.25, 0.3) is 5.22 Å². The van der Waals surface area contributed by atoms with E-state index in [1.807, 2.05) is 4.90 Å². The Balaban J connectivity index is 1.49. The number of aromatic nitrogens is 2. The van der Waals surface area contributed by atoms with Gasteiger partial charge in [0.1, 0.15) is 0 Å². The van der Waals surface area contributed by atoms with Crippen LogP contribution >= 0.6 is 11.8 Å². The van der Waals surface area contributed by atoms with Gasteiger partial charge in [-0.1, -0.05) is 18.7 Å². The summed E-state index contributed by atoms with van der Waals surface area (Å²) < 4.78 is 5.54. The summed E-state index contributed by atoms with van der Waals surface area (Å²) in [6.45, 7) is 5.56. The number of hydrogen-bond donors (Lipinski definition) is 2. The van der Waals surface area contributed by atoms with Crippen LogP contribution in [-0.4, -0.2) is 57.8 Å². The second kappa shape index (κ2) is 8.07. The molecule has 2 N–H and O–H groups in total. The van der Waals surface area contributed by atoms with E-state index < -0.39 is 11.9 Å². The van der Waals surface area contributed by atoms with E-state index in [9.17, 15) is 14.4 Å². The maximum absolute atomic E-state index is 12.2. The number of thioether (sulfide) groups is 1. The number of imide groups is 1. The van der Waals surface area contributed by atoms with E-state index in [-0.39, 0.29) is 30.0 Å². The molecule has 2 atom stereocenters. The van der Waals surface area contributed by atoms with Gasteiger partial charge in [-0.25, -0.2) is 4.79 Å². The van der Waals surface area contributed by atoms with Crippen molar-refractivity contribution in [2.75, 3.05) is 18.8 Å². The average molecular weight is 381 g/mol. The summed E-state index contributed by atoms with van der Waals surface area (Å²) in [5.74, 6) is 0.492. The molecule has 142 valence electrons. The summed E-state index contributed by atoms with van der Waals surface area (Å²) in [6, 6.07) is -0.812. The lowest BCUT2D eigenvalue weighted by Gasteiger charge is -2.30. The molecule has 2 fully saturated rings. The molecule has 2 saturated heterocycles. The van der Waals surface area contributed by atoms with Crippen LogP contribution in [0.25, 0.3) is 0 Å². The molecule has 10 heteroatoms. The molecule has 0 saturated carbocycles. The molecule has 26 heavy (non-hydrogen) atoms. The van der Waals surface area contributed by atoms with Crippen LogP contribution in [0.1, 0.15) is 32.6 Å². The van der Waals surface area contributed by atoms with Gasteiger partial charge in [0.15, 0.2) is 0 Å². The van der Waals surface area contributed by atoms with Gasteiger partial charge in [0.2, 0.25) is 17.7 Å². The van der Waals surface area contributed by atoms with Gasteiger partial charge in [-0.3, -0.25) is 14.9 Å². The maximum Gasteiger partial charge on any atom is 0.321 e. The van der Waals surface area contributed by atoms with Crippen molar-refractivity contribution in [2.45, 2.75) is 44.4 Å². The molecule has 9 nitrogen and oxygen atoms in total. The number of piperidine rings is 1. The van der Waals surface area contributed by atoms with E-state index in [2.05, 4.69) is 27.8 Å². The van der Waals surface area contributed by atoms with Crippen molar-refractivity contribution in [3.63, 3.8) is 0 Å². The van der Waals surface area contributed by atoms with Crippen LogP contribution in [-0.2, 0) is 16.0 Å². The Morgan fingerprint density at radius 3 is 2.69 bits per heavy atom. The lowest BCUT2D eigenvalue weighted by molar-refractivity contribution is -0.129. The molecule has 2 aliphatic heterocycles. The Labute approximate surface area is 155 Å². The average Bonchev–Trinajstić information content (AvgIpc) is 3.04. The quantitative estimate of drug-likeness (QED) is 0.725. The van der Waals surface area contributed by atoms with Crippen LogP contribution in [0.4, 0.5) is 4.79 Å². The molecule has 0 spiro atoms. The van der Waals surface area contributed by atoms with E-state index in [0.717, 1.165) is 25.9 Å². The summed E-state index contributed by atoms with van der Waals surface area (Å²) >= 11 is 1.21. The van der Waals surface area contributed by atoms with Crippen molar-refractivity contribution in [3.05, 3.63) is 5.89 Å². The van der Waals surface area contributed by atoms with Gasteiger partial charge in [0, 0.05) is 25.6 Å². The molecular formula is C16H23N5O4S. The maximum atomic E-state index is 12.2. The fraction of sp³-hybridized carbons (Fsp3) is 0.688. The molecule has 3 rings (SSSR count). The molecule has 1 aromatic rings.